The average Bonchev–Trinajstić information content (AvgIpc) is 2.96. The van der Waals surface area contributed by atoms with Crippen molar-refractivity contribution in [1.82, 2.24) is 9.97 Å². The number of aromatic amines is 1. The molecule has 92 valence electrons. The maximum absolute atomic E-state index is 6.23. The van der Waals surface area contributed by atoms with Crippen molar-refractivity contribution in [1.29, 1.82) is 0 Å². The second-order valence-corrected chi connectivity index (χ2v) is 5.57. The summed E-state index contributed by atoms with van der Waals surface area (Å²) in [6.07, 6.45) is 0. The topological polar surface area (TPSA) is 54.7 Å². The van der Waals surface area contributed by atoms with Crippen molar-refractivity contribution in [2.75, 3.05) is 0 Å². The van der Waals surface area contributed by atoms with E-state index in [9.17, 15) is 0 Å². The highest BCUT2D eigenvalue weighted by Crippen LogP contribution is 2.25. The number of H-pyrrole nitrogens is 1. The van der Waals surface area contributed by atoms with E-state index in [0.717, 1.165) is 21.7 Å². The van der Waals surface area contributed by atoms with Gasteiger partial charge in [-0.2, -0.15) is 0 Å². The maximum Gasteiger partial charge on any atom is 0.129 e. The molecule has 0 spiro atoms. The number of hydrogen-bond acceptors (Lipinski definition) is 3. The van der Waals surface area contributed by atoms with E-state index in [2.05, 4.69) is 35.9 Å². The summed E-state index contributed by atoms with van der Waals surface area (Å²) in [6, 6.07) is 8.14. The molecule has 0 saturated heterocycles. The molecular weight excluding hydrogens is 242 g/mol. The van der Waals surface area contributed by atoms with E-state index < -0.39 is 0 Å². The Morgan fingerprint density at radius 2 is 2.17 bits per heavy atom. The Bertz CT molecular complexity index is 682. The molecule has 0 saturated carbocycles. The van der Waals surface area contributed by atoms with E-state index in [0.29, 0.717) is 0 Å². The molecule has 1 aromatic carbocycles. The number of aryl methyl sites for hydroxylation is 2. The molecule has 2 heterocycles. The van der Waals surface area contributed by atoms with Crippen LogP contribution in [0, 0.1) is 13.8 Å². The van der Waals surface area contributed by atoms with Gasteiger partial charge in [-0.15, -0.1) is 11.3 Å². The molecule has 1 atom stereocenters. The summed E-state index contributed by atoms with van der Waals surface area (Å²) >= 11 is 1.66. The van der Waals surface area contributed by atoms with Crippen molar-refractivity contribution in [3.8, 4) is 0 Å². The molecule has 0 aliphatic heterocycles. The average molecular weight is 257 g/mol. The van der Waals surface area contributed by atoms with Crippen LogP contribution in [0.15, 0.2) is 29.6 Å². The molecule has 3 aromatic rings. The van der Waals surface area contributed by atoms with E-state index in [1.165, 1.54) is 11.1 Å². The quantitative estimate of drug-likeness (QED) is 0.740. The number of imidazole rings is 1. The van der Waals surface area contributed by atoms with Crippen molar-refractivity contribution in [2.24, 2.45) is 5.73 Å². The van der Waals surface area contributed by atoms with Gasteiger partial charge in [0, 0.05) is 4.88 Å². The third-order valence-corrected chi connectivity index (χ3v) is 4.04. The van der Waals surface area contributed by atoms with Gasteiger partial charge >= 0.3 is 0 Å². The number of nitrogens with one attached hydrogen (secondary N) is 1. The molecular formula is C14H15N3S. The predicted octanol–water partition coefficient (Wildman–Crippen LogP) is 3.29. The molecule has 2 aromatic heterocycles. The highest BCUT2D eigenvalue weighted by molar-refractivity contribution is 7.10. The molecule has 3 rings (SSSR count). The van der Waals surface area contributed by atoms with Crippen LogP contribution in [0.4, 0.5) is 0 Å². The summed E-state index contributed by atoms with van der Waals surface area (Å²) in [5.74, 6) is 0.834. The largest absolute Gasteiger partial charge is 0.340 e. The van der Waals surface area contributed by atoms with Gasteiger partial charge in [-0.25, -0.2) is 4.98 Å². The molecule has 0 aliphatic carbocycles. The number of benzene rings is 1. The van der Waals surface area contributed by atoms with E-state index in [1.807, 2.05) is 17.5 Å². The van der Waals surface area contributed by atoms with Gasteiger partial charge in [-0.3, -0.25) is 0 Å². The number of nitrogens with two attached hydrogens (primary N) is 1. The second kappa shape index (κ2) is 4.23. The van der Waals surface area contributed by atoms with Crippen molar-refractivity contribution in [2.45, 2.75) is 19.9 Å². The number of hydrogen-bond donors (Lipinski definition) is 2. The van der Waals surface area contributed by atoms with Crippen molar-refractivity contribution >= 4 is 22.4 Å². The van der Waals surface area contributed by atoms with E-state index in [-0.39, 0.29) is 6.04 Å². The molecule has 3 N–H and O–H groups in total. The highest BCUT2D eigenvalue weighted by atomic mass is 32.1. The zero-order chi connectivity index (χ0) is 12.7. The van der Waals surface area contributed by atoms with Crippen LogP contribution in [0.2, 0.25) is 0 Å². The Morgan fingerprint density at radius 1 is 1.33 bits per heavy atom. The Balaban J connectivity index is 2.11. The van der Waals surface area contributed by atoms with E-state index >= 15 is 0 Å². The number of thiophene rings is 1. The first-order valence-electron chi connectivity index (χ1n) is 5.91. The first-order chi connectivity index (χ1) is 8.65. The summed E-state index contributed by atoms with van der Waals surface area (Å²) in [4.78, 5) is 9.10. The van der Waals surface area contributed by atoms with Gasteiger partial charge in [0.05, 0.1) is 17.1 Å². The number of nitrogens with zero attached hydrogens (tertiary/aromatic N) is 1. The number of aromatic nitrogens is 2. The molecule has 3 nitrogen and oxygen atoms in total. The fraction of sp³-hybridized carbons (Fsp3) is 0.214. The minimum Gasteiger partial charge on any atom is -0.340 e. The smallest absolute Gasteiger partial charge is 0.129 e. The van der Waals surface area contributed by atoms with Crippen LogP contribution in [0.5, 0.6) is 0 Å². The first kappa shape index (κ1) is 11.4. The minimum atomic E-state index is -0.169. The van der Waals surface area contributed by atoms with Gasteiger partial charge in [0.2, 0.25) is 0 Å². The Kier molecular flexibility index (Phi) is 2.69. The Labute approximate surface area is 110 Å². The van der Waals surface area contributed by atoms with Crippen molar-refractivity contribution in [3.63, 3.8) is 0 Å². The van der Waals surface area contributed by atoms with E-state index in [1.54, 1.807) is 11.3 Å². The lowest BCUT2D eigenvalue weighted by molar-refractivity contribution is 0.822. The third-order valence-electron chi connectivity index (χ3n) is 3.08. The Morgan fingerprint density at radius 3 is 2.89 bits per heavy atom. The van der Waals surface area contributed by atoms with Gasteiger partial charge in [0.1, 0.15) is 5.82 Å². The van der Waals surface area contributed by atoms with Gasteiger partial charge < -0.3 is 10.7 Å². The number of rotatable bonds is 2. The minimum absolute atomic E-state index is 0.169. The third kappa shape index (κ3) is 1.83. The highest BCUT2D eigenvalue weighted by Gasteiger charge is 2.15. The predicted molar refractivity (Wildman–Crippen MR) is 75.9 cm³/mol. The summed E-state index contributed by atoms with van der Waals surface area (Å²) in [5.41, 5.74) is 10.7. The monoisotopic (exact) mass is 257 g/mol. The lowest BCUT2D eigenvalue weighted by Crippen LogP contribution is -2.11. The van der Waals surface area contributed by atoms with Crippen LogP contribution in [0.25, 0.3) is 11.0 Å². The van der Waals surface area contributed by atoms with Crippen molar-refractivity contribution < 1.29 is 0 Å². The van der Waals surface area contributed by atoms with Crippen LogP contribution in [-0.4, -0.2) is 9.97 Å². The molecule has 4 heteroatoms. The normalized spacial score (nSPS) is 13.1. The Hall–Kier alpha value is -1.65. The summed E-state index contributed by atoms with van der Waals surface area (Å²) in [5, 5.41) is 2.03. The van der Waals surface area contributed by atoms with Gasteiger partial charge in [0.25, 0.3) is 0 Å². The van der Waals surface area contributed by atoms with Crippen LogP contribution in [0.1, 0.15) is 27.9 Å². The fourth-order valence-corrected chi connectivity index (χ4v) is 2.97. The van der Waals surface area contributed by atoms with Crippen LogP contribution >= 0.6 is 11.3 Å². The summed E-state index contributed by atoms with van der Waals surface area (Å²) in [6.45, 7) is 4.17. The van der Waals surface area contributed by atoms with Crippen LogP contribution < -0.4 is 5.73 Å². The van der Waals surface area contributed by atoms with Gasteiger partial charge in [-0.1, -0.05) is 12.1 Å². The fourth-order valence-electron chi connectivity index (χ4n) is 2.24. The molecule has 1 unspecified atom stereocenters. The van der Waals surface area contributed by atoms with Gasteiger partial charge in [-0.05, 0) is 42.5 Å². The molecule has 0 bridgehead atoms. The maximum atomic E-state index is 6.23. The standard InChI is InChI=1S/C14H15N3S/c1-8-6-9(2)13-10(7-8)16-14(17-13)12(15)11-4-3-5-18-11/h3-7,12H,15H2,1-2H3,(H,16,17). The second-order valence-electron chi connectivity index (χ2n) is 4.59. The van der Waals surface area contributed by atoms with Crippen LogP contribution in [0.3, 0.4) is 0 Å². The zero-order valence-corrected chi connectivity index (χ0v) is 11.2. The summed E-state index contributed by atoms with van der Waals surface area (Å²) in [7, 11) is 0. The van der Waals surface area contributed by atoms with E-state index in [4.69, 9.17) is 5.73 Å². The van der Waals surface area contributed by atoms with Gasteiger partial charge in [0.15, 0.2) is 0 Å². The molecule has 0 radical (unpaired) electrons. The SMILES string of the molecule is Cc1cc(C)c2nc(C(N)c3cccs3)[nH]c2c1. The summed E-state index contributed by atoms with van der Waals surface area (Å²) < 4.78 is 0. The lowest BCUT2D eigenvalue weighted by Gasteiger charge is -2.04. The number of fused-ring (bicyclic) bond motifs is 1. The van der Waals surface area contributed by atoms with Crippen LogP contribution in [-0.2, 0) is 0 Å². The lowest BCUT2D eigenvalue weighted by atomic mass is 10.1. The van der Waals surface area contributed by atoms with Crippen molar-refractivity contribution in [3.05, 3.63) is 51.5 Å². The molecule has 0 fully saturated rings. The molecule has 0 aliphatic rings. The molecule has 18 heavy (non-hydrogen) atoms. The first-order valence-corrected chi connectivity index (χ1v) is 6.79. The zero-order valence-electron chi connectivity index (χ0n) is 10.4. The molecule has 0 amide bonds.